The summed E-state index contributed by atoms with van der Waals surface area (Å²) in [5, 5.41) is 9.77. The summed E-state index contributed by atoms with van der Waals surface area (Å²) in [5.74, 6) is 1.08. The SMILES string of the molecule is CCCCCCC[C@]1(C#N)CC[C@@H](C2OCC(CCCCC)CO2)CC1. The van der Waals surface area contributed by atoms with E-state index in [1.807, 2.05) is 0 Å². The molecule has 1 saturated carbocycles. The molecular weight excluding hydrogens is 322 g/mol. The molecule has 0 N–H and O–H groups in total. The van der Waals surface area contributed by atoms with Crippen molar-refractivity contribution in [2.24, 2.45) is 17.3 Å². The van der Waals surface area contributed by atoms with Gasteiger partial charge in [-0.25, -0.2) is 0 Å². The lowest BCUT2D eigenvalue weighted by Gasteiger charge is -2.40. The summed E-state index contributed by atoms with van der Waals surface area (Å²) in [7, 11) is 0. The maximum atomic E-state index is 9.77. The topological polar surface area (TPSA) is 42.2 Å². The summed E-state index contributed by atoms with van der Waals surface area (Å²) in [4.78, 5) is 0. The van der Waals surface area contributed by atoms with Crippen LogP contribution < -0.4 is 0 Å². The van der Waals surface area contributed by atoms with Crippen LogP contribution in [0.15, 0.2) is 0 Å². The number of unbranched alkanes of at least 4 members (excludes halogenated alkanes) is 6. The van der Waals surface area contributed by atoms with E-state index in [-0.39, 0.29) is 11.7 Å². The monoisotopic (exact) mass is 363 g/mol. The molecule has 0 spiro atoms. The van der Waals surface area contributed by atoms with Gasteiger partial charge in [0.25, 0.3) is 0 Å². The minimum Gasteiger partial charge on any atom is -0.352 e. The summed E-state index contributed by atoms with van der Waals surface area (Å²) < 4.78 is 12.2. The molecule has 1 aliphatic heterocycles. The molecule has 0 aromatic heterocycles. The Hall–Kier alpha value is -0.590. The first kappa shape index (κ1) is 21.7. The molecule has 26 heavy (non-hydrogen) atoms. The van der Waals surface area contributed by atoms with Crippen LogP contribution in [-0.2, 0) is 9.47 Å². The molecule has 0 aromatic rings. The number of ether oxygens (including phenoxy) is 2. The van der Waals surface area contributed by atoms with Gasteiger partial charge in [0.15, 0.2) is 6.29 Å². The fraction of sp³-hybridized carbons (Fsp3) is 0.957. The summed E-state index contributed by atoms with van der Waals surface area (Å²) >= 11 is 0. The average Bonchev–Trinajstić information content (AvgIpc) is 2.69. The number of nitriles is 1. The Morgan fingerprint density at radius 3 is 2.12 bits per heavy atom. The van der Waals surface area contributed by atoms with Crippen molar-refractivity contribution in [3.05, 3.63) is 0 Å². The van der Waals surface area contributed by atoms with E-state index in [4.69, 9.17) is 9.47 Å². The van der Waals surface area contributed by atoms with E-state index in [1.54, 1.807) is 0 Å². The summed E-state index contributed by atoms with van der Waals surface area (Å²) in [5.41, 5.74) is -0.0694. The van der Waals surface area contributed by atoms with Crippen LogP contribution in [0.4, 0.5) is 0 Å². The van der Waals surface area contributed by atoms with Crippen molar-refractivity contribution in [1.29, 1.82) is 5.26 Å². The summed E-state index contributed by atoms with van der Waals surface area (Å²) in [6.07, 6.45) is 16.9. The van der Waals surface area contributed by atoms with Gasteiger partial charge in [0.2, 0.25) is 0 Å². The number of nitrogens with zero attached hydrogens (tertiary/aromatic N) is 1. The highest BCUT2D eigenvalue weighted by atomic mass is 16.7. The molecule has 2 rings (SSSR count). The van der Waals surface area contributed by atoms with Gasteiger partial charge >= 0.3 is 0 Å². The first-order valence-electron chi connectivity index (χ1n) is 11.4. The van der Waals surface area contributed by atoms with E-state index in [0.717, 1.165) is 45.3 Å². The molecule has 0 radical (unpaired) electrons. The van der Waals surface area contributed by atoms with Crippen molar-refractivity contribution in [2.75, 3.05) is 13.2 Å². The van der Waals surface area contributed by atoms with Gasteiger partial charge in [-0.05, 0) is 38.5 Å². The van der Waals surface area contributed by atoms with Gasteiger partial charge in [-0.2, -0.15) is 5.26 Å². The zero-order valence-corrected chi connectivity index (χ0v) is 17.3. The van der Waals surface area contributed by atoms with E-state index in [0.29, 0.717) is 11.8 Å². The molecular formula is C23H41NO2. The quantitative estimate of drug-likeness (QED) is 0.387. The normalized spacial score (nSPS) is 32.3. The first-order chi connectivity index (χ1) is 12.7. The van der Waals surface area contributed by atoms with Gasteiger partial charge in [-0.3, -0.25) is 0 Å². The van der Waals surface area contributed by atoms with Crippen LogP contribution in [0.3, 0.4) is 0 Å². The highest BCUT2D eigenvalue weighted by Gasteiger charge is 2.39. The maximum Gasteiger partial charge on any atom is 0.160 e. The Kier molecular flexibility index (Phi) is 10.0. The summed E-state index contributed by atoms with van der Waals surface area (Å²) in [6, 6.07) is 2.69. The van der Waals surface area contributed by atoms with Crippen LogP contribution in [0.5, 0.6) is 0 Å². The Morgan fingerprint density at radius 1 is 0.885 bits per heavy atom. The predicted molar refractivity (Wildman–Crippen MR) is 107 cm³/mol. The average molecular weight is 364 g/mol. The second-order valence-electron chi connectivity index (χ2n) is 8.79. The van der Waals surface area contributed by atoms with Gasteiger partial charge in [-0.1, -0.05) is 65.2 Å². The van der Waals surface area contributed by atoms with E-state index >= 15 is 0 Å². The molecule has 0 unspecified atom stereocenters. The van der Waals surface area contributed by atoms with E-state index in [9.17, 15) is 5.26 Å². The smallest absolute Gasteiger partial charge is 0.160 e. The molecule has 0 atom stereocenters. The lowest BCUT2D eigenvalue weighted by Crippen LogP contribution is -2.40. The van der Waals surface area contributed by atoms with Gasteiger partial charge in [-0.15, -0.1) is 0 Å². The minimum absolute atomic E-state index is 0.0151. The molecule has 2 aliphatic rings. The fourth-order valence-electron chi connectivity index (χ4n) is 4.63. The van der Waals surface area contributed by atoms with Gasteiger partial charge in [0.1, 0.15) is 0 Å². The molecule has 1 saturated heterocycles. The third-order valence-corrected chi connectivity index (χ3v) is 6.58. The van der Waals surface area contributed by atoms with E-state index in [1.165, 1.54) is 57.8 Å². The molecule has 0 bridgehead atoms. The van der Waals surface area contributed by atoms with Crippen molar-refractivity contribution in [3.63, 3.8) is 0 Å². The predicted octanol–water partition coefficient (Wildman–Crippen LogP) is 6.62. The summed E-state index contributed by atoms with van der Waals surface area (Å²) in [6.45, 7) is 6.23. The van der Waals surface area contributed by atoms with Crippen LogP contribution in [0, 0.1) is 28.6 Å². The molecule has 3 heteroatoms. The van der Waals surface area contributed by atoms with Crippen molar-refractivity contribution in [1.82, 2.24) is 0 Å². The molecule has 0 amide bonds. The zero-order chi connectivity index (χ0) is 18.7. The molecule has 2 fully saturated rings. The Bertz CT molecular complexity index is 401. The van der Waals surface area contributed by atoms with Crippen LogP contribution in [0.1, 0.15) is 104 Å². The Balaban J connectivity index is 1.66. The van der Waals surface area contributed by atoms with Crippen LogP contribution in [0.25, 0.3) is 0 Å². The molecule has 1 heterocycles. The molecule has 0 aromatic carbocycles. The molecule has 1 aliphatic carbocycles. The second-order valence-corrected chi connectivity index (χ2v) is 8.79. The Morgan fingerprint density at radius 2 is 1.50 bits per heavy atom. The van der Waals surface area contributed by atoms with Crippen LogP contribution in [-0.4, -0.2) is 19.5 Å². The van der Waals surface area contributed by atoms with E-state index < -0.39 is 0 Å². The number of hydrogen-bond acceptors (Lipinski definition) is 3. The lowest BCUT2D eigenvalue weighted by molar-refractivity contribution is -0.231. The lowest BCUT2D eigenvalue weighted by atomic mass is 9.68. The second kappa shape index (κ2) is 12.0. The highest BCUT2D eigenvalue weighted by Crippen LogP contribution is 2.44. The fourth-order valence-corrected chi connectivity index (χ4v) is 4.63. The standard InChI is InChI=1S/C23H41NO2/c1-3-5-7-8-10-14-23(19-24)15-12-21(13-16-23)22-25-17-20(18-26-22)11-9-6-4-2/h20-22H,3-18H2,1-2H3/t20?,21-,22?,23+. The van der Waals surface area contributed by atoms with Crippen LogP contribution in [0.2, 0.25) is 0 Å². The van der Waals surface area contributed by atoms with Crippen molar-refractivity contribution < 1.29 is 9.47 Å². The van der Waals surface area contributed by atoms with Crippen molar-refractivity contribution >= 4 is 0 Å². The third-order valence-electron chi connectivity index (χ3n) is 6.58. The van der Waals surface area contributed by atoms with Crippen LogP contribution >= 0.6 is 0 Å². The van der Waals surface area contributed by atoms with Gasteiger partial charge < -0.3 is 9.47 Å². The maximum absolute atomic E-state index is 9.77. The van der Waals surface area contributed by atoms with Gasteiger partial charge in [0, 0.05) is 11.8 Å². The van der Waals surface area contributed by atoms with Crippen molar-refractivity contribution in [2.45, 2.75) is 110 Å². The first-order valence-corrected chi connectivity index (χ1v) is 11.4. The minimum atomic E-state index is -0.0694. The zero-order valence-electron chi connectivity index (χ0n) is 17.3. The largest absolute Gasteiger partial charge is 0.352 e. The van der Waals surface area contributed by atoms with E-state index in [2.05, 4.69) is 19.9 Å². The van der Waals surface area contributed by atoms with Gasteiger partial charge in [0.05, 0.1) is 24.7 Å². The number of hydrogen-bond donors (Lipinski definition) is 0. The Labute approximate surface area is 161 Å². The highest BCUT2D eigenvalue weighted by molar-refractivity contribution is 5.01. The third kappa shape index (κ3) is 6.86. The molecule has 150 valence electrons. The van der Waals surface area contributed by atoms with Crippen molar-refractivity contribution in [3.8, 4) is 6.07 Å². The number of rotatable bonds is 11. The molecule has 3 nitrogen and oxygen atoms in total.